The summed E-state index contributed by atoms with van der Waals surface area (Å²) in [7, 11) is 0.861. The molecule has 1 aromatic carbocycles. The van der Waals surface area contributed by atoms with Crippen LogP contribution in [-0.4, -0.2) is 18.2 Å². The number of methoxy groups -OCH3 is 1. The Morgan fingerprint density at radius 3 is 1.95 bits per heavy atom. The zero-order chi connectivity index (χ0) is 15.7. The van der Waals surface area contributed by atoms with Gasteiger partial charge in [-0.15, -0.1) is 0 Å². The smallest absolute Gasteiger partial charge is 0.419 e. The van der Waals surface area contributed by atoms with Crippen LogP contribution in [0.15, 0.2) is 12.1 Å². The molecule has 0 heterocycles. The quantitative estimate of drug-likeness (QED) is 0.674. The second kappa shape index (κ2) is 5.22. The first-order chi connectivity index (χ1) is 8.98. The number of rotatable bonds is 2. The van der Waals surface area contributed by atoms with E-state index in [0.29, 0.717) is 0 Å². The van der Waals surface area contributed by atoms with Gasteiger partial charge in [-0.2, -0.15) is 26.3 Å². The molecule has 0 fully saturated rings. The summed E-state index contributed by atoms with van der Waals surface area (Å²) in [6.07, 6.45) is -11.2. The predicted molar refractivity (Wildman–Crippen MR) is 53.8 cm³/mol. The normalized spacial score (nSPS) is 12.3. The van der Waals surface area contributed by atoms with Crippen LogP contribution in [0, 0.1) is 0 Å². The van der Waals surface area contributed by atoms with E-state index < -0.39 is 47.2 Å². The van der Waals surface area contributed by atoms with Crippen LogP contribution in [0.4, 0.5) is 26.3 Å². The Hall–Kier alpha value is -1.93. The number of carbonyl (C=O) groups is 1. The van der Waals surface area contributed by atoms with E-state index >= 15 is 0 Å². The summed E-state index contributed by atoms with van der Waals surface area (Å²) in [5.41, 5.74) is -4.34. The lowest BCUT2D eigenvalue weighted by Crippen LogP contribution is -2.16. The molecule has 20 heavy (non-hydrogen) atoms. The molecule has 0 aromatic heterocycles. The summed E-state index contributed by atoms with van der Waals surface area (Å²) < 4.78 is 79.7. The van der Waals surface area contributed by atoms with Crippen LogP contribution >= 0.6 is 0 Å². The molecule has 1 N–H and O–H groups in total. The number of halogens is 6. The van der Waals surface area contributed by atoms with Crippen LogP contribution in [0.5, 0.6) is 5.75 Å². The molecular weight excluding hydrogens is 294 g/mol. The van der Waals surface area contributed by atoms with E-state index in [0.717, 1.165) is 7.11 Å². The molecule has 9 heteroatoms. The maximum atomic E-state index is 12.7. The van der Waals surface area contributed by atoms with E-state index in [1.807, 2.05) is 0 Å². The average Bonchev–Trinajstić information content (AvgIpc) is 2.28. The van der Waals surface area contributed by atoms with Gasteiger partial charge in [-0.25, -0.2) is 0 Å². The van der Waals surface area contributed by atoms with Gasteiger partial charge in [-0.3, -0.25) is 4.79 Å². The van der Waals surface area contributed by atoms with Crippen molar-refractivity contribution in [1.82, 2.24) is 0 Å². The summed E-state index contributed by atoms with van der Waals surface area (Å²) in [6, 6.07) is 0.278. The minimum atomic E-state index is -5.04. The molecule has 0 saturated heterocycles. The van der Waals surface area contributed by atoms with Gasteiger partial charge in [0.15, 0.2) is 0 Å². The van der Waals surface area contributed by atoms with Gasteiger partial charge in [0.25, 0.3) is 0 Å². The van der Waals surface area contributed by atoms with Gasteiger partial charge in [0.1, 0.15) is 5.75 Å². The number of hydrogen-bond donors (Lipinski definition) is 1. The van der Waals surface area contributed by atoms with Gasteiger partial charge in [-0.05, 0) is 12.1 Å². The van der Waals surface area contributed by atoms with Crippen molar-refractivity contribution < 1.29 is 41.0 Å². The van der Waals surface area contributed by atoms with Crippen molar-refractivity contribution in [3.8, 4) is 5.75 Å². The summed E-state index contributed by atoms with van der Waals surface area (Å²) >= 11 is 0. The lowest BCUT2D eigenvalue weighted by Gasteiger charge is -2.17. The van der Waals surface area contributed by atoms with Gasteiger partial charge in [0, 0.05) is 5.56 Å². The fourth-order valence-electron chi connectivity index (χ4n) is 1.53. The molecule has 0 unspecified atom stereocenters. The van der Waals surface area contributed by atoms with E-state index in [4.69, 9.17) is 0 Å². The molecule has 0 aliphatic carbocycles. The molecule has 0 spiro atoms. The number of phenolic OH excluding ortho intramolecular Hbond substituents is 1. The minimum Gasteiger partial charge on any atom is -0.507 e. The van der Waals surface area contributed by atoms with Gasteiger partial charge in [-0.1, -0.05) is 0 Å². The van der Waals surface area contributed by atoms with E-state index in [2.05, 4.69) is 4.74 Å². The second-order valence-corrected chi connectivity index (χ2v) is 3.74. The molecular formula is C11H8F6O3. The van der Waals surface area contributed by atoms with Crippen LogP contribution < -0.4 is 0 Å². The topological polar surface area (TPSA) is 46.5 Å². The monoisotopic (exact) mass is 302 g/mol. The highest BCUT2D eigenvalue weighted by Crippen LogP contribution is 2.43. The molecule has 1 rings (SSSR count). The lowest BCUT2D eigenvalue weighted by molar-refractivity contribution is -0.144. The Bertz CT molecular complexity index is 518. The zero-order valence-electron chi connectivity index (χ0n) is 9.89. The largest absolute Gasteiger partial charge is 0.507 e. The van der Waals surface area contributed by atoms with Gasteiger partial charge >= 0.3 is 18.3 Å². The summed E-state index contributed by atoms with van der Waals surface area (Å²) in [4.78, 5) is 11.0. The molecule has 0 amide bonds. The van der Waals surface area contributed by atoms with E-state index in [1.165, 1.54) is 0 Å². The molecule has 0 aliphatic rings. The zero-order valence-corrected chi connectivity index (χ0v) is 9.89. The van der Waals surface area contributed by atoms with Crippen molar-refractivity contribution in [2.24, 2.45) is 0 Å². The Labute approximate surface area is 108 Å². The molecule has 3 nitrogen and oxygen atoms in total. The number of ether oxygens (including phenoxy) is 1. The van der Waals surface area contributed by atoms with Crippen molar-refractivity contribution in [3.63, 3.8) is 0 Å². The van der Waals surface area contributed by atoms with E-state index in [9.17, 15) is 36.2 Å². The number of carbonyl (C=O) groups excluding carboxylic acids is 1. The standard InChI is InChI=1S/C11H8F6O3/c1-20-8(18)4-5-6(10(12,13)14)2-3-7(9(5)19)11(15,16)17/h2-3,19H,4H2,1H3. The van der Waals surface area contributed by atoms with Crippen molar-refractivity contribution in [2.45, 2.75) is 18.8 Å². The average molecular weight is 302 g/mol. The Morgan fingerprint density at radius 1 is 1.10 bits per heavy atom. The summed E-state index contributed by atoms with van der Waals surface area (Å²) in [5.74, 6) is -2.83. The number of phenols is 1. The third-order valence-corrected chi connectivity index (χ3v) is 2.44. The lowest BCUT2D eigenvalue weighted by atomic mass is 9.98. The first kappa shape index (κ1) is 16.1. The van der Waals surface area contributed by atoms with Crippen LogP contribution in [0.2, 0.25) is 0 Å². The van der Waals surface area contributed by atoms with Gasteiger partial charge in [0.2, 0.25) is 0 Å². The number of hydrogen-bond acceptors (Lipinski definition) is 3. The second-order valence-electron chi connectivity index (χ2n) is 3.74. The van der Waals surface area contributed by atoms with Gasteiger partial charge in [0.05, 0.1) is 24.7 Å². The third kappa shape index (κ3) is 3.34. The molecule has 112 valence electrons. The van der Waals surface area contributed by atoms with Crippen molar-refractivity contribution >= 4 is 5.97 Å². The van der Waals surface area contributed by atoms with E-state index in [-0.39, 0.29) is 12.1 Å². The van der Waals surface area contributed by atoms with E-state index in [1.54, 1.807) is 0 Å². The Morgan fingerprint density at radius 2 is 1.55 bits per heavy atom. The number of esters is 1. The van der Waals surface area contributed by atoms with Crippen LogP contribution in [0.3, 0.4) is 0 Å². The fraction of sp³-hybridized carbons (Fsp3) is 0.364. The first-order valence-corrected chi connectivity index (χ1v) is 5.04. The molecule has 0 atom stereocenters. The number of alkyl halides is 6. The highest BCUT2D eigenvalue weighted by atomic mass is 19.4. The van der Waals surface area contributed by atoms with Gasteiger partial charge < -0.3 is 9.84 Å². The Balaban J connectivity index is 3.50. The summed E-state index contributed by atoms with van der Waals surface area (Å²) in [5, 5.41) is 9.39. The minimum absolute atomic E-state index is 0.110. The van der Waals surface area contributed by atoms with Crippen molar-refractivity contribution in [3.05, 3.63) is 28.8 Å². The highest BCUT2D eigenvalue weighted by Gasteiger charge is 2.40. The highest BCUT2D eigenvalue weighted by molar-refractivity contribution is 5.74. The maximum Gasteiger partial charge on any atom is 0.419 e. The third-order valence-electron chi connectivity index (χ3n) is 2.44. The number of benzene rings is 1. The maximum absolute atomic E-state index is 12.7. The molecule has 1 aromatic rings. The molecule has 0 aliphatic heterocycles. The van der Waals surface area contributed by atoms with Crippen molar-refractivity contribution in [1.29, 1.82) is 0 Å². The van der Waals surface area contributed by atoms with Crippen LogP contribution in [0.1, 0.15) is 16.7 Å². The van der Waals surface area contributed by atoms with Crippen molar-refractivity contribution in [2.75, 3.05) is 7.11 Å². The number of aromatic hydroxyl groups is 1. The SMILES string of the molecule is COC(=O)Cc1c(C(F)(F)F)ccc(C(F)(F)F)c1O. The summed E-state index contributed by atoms with van der Waals surface area (Å²) in [6.45, 7) is 0. The molecule has 0 saturated carbocycles. The fourth-order valence-corrected chi connectivity index (χ4v) is 1.53. The van der Waals surface area contributed by atoms with Crippen LogP contribution in [-0.2, 0) is 28.3 Å². The molecule has 0 radical (unpaired) electrons. The molecule has 0 bridgehead atoms. The van der Waals surface area contributed by atoms with Crippen LogP contribution in [0.25, 0.3) is 0 Å². The Kier molecular flexibility index (Phi) is 4.21. The predicted octanol–water partition coefficient (Wildman–Crippen LogP) is 3.15. The first-order valence-electron chi connectivity index (χ1n) is 5.04.